The number of hydrogen-bond donors (Lipinski definition) is 3. The lowest BCUT2D eigenvalue weighted by Gasteiger charge is -2.24. The Bertz CT molecular complexity index is 1090. The molecule has 0 spiro atoms. The number of aliphatic carboxylic acids is 1. The van der Waals surface area contributed by atoms with Gasteiger partial charge in [-0.2, -0.15) is 0 Å². The van der Waals surface area contributed by atoms with E-state index in [1.165, 1.54) is 35.4 Å². The summed E-state index contributed by atoms with van der Waals surface area (Å²) >= 11 is 0. The summed E-state index contributed by atoms with van der Waals surface area (Å²) in [6.45, 7) is 0. The summed E-state index contributed by atoms with van der Waals surface area (Å²) < 4.78 is 13.0. The number of aryl methyl sites for hydroxylation is 1. The van der Waals surface area contributed by atoms with Crippen LogP contribution in [0.25, 0.3) is 11.1 Å². The second kappa shape index (κ2) is 9.00. The number of fused-ring (bicyclic) bond motifs is 1. The van der Waals surface area contributed by atoms with Crippen molar-refractivity contribution in [3.05, 3.63) is 83.7 Å². The monoisotopic (exact) mass is 418 g/mol. The molecule has 0 saturated heterocycles. The Morgan fingerprint density at radius 3 is 2.13 bits per heavy atom. The van der Waals surface area contributed by atoms with Gasteiger partial charge in [-0.15, -0.1) is 0 Å². The first-order valence-corrected chi connectivity index (χ1v) is 10.2. The maximum atomic E-state index is 13.0. The molecule has 3 N–H and O–H groups in total. The molecular formula is C25H23FN2O3. The molecule has 0 heterocycles. The Morgan fingerprint density at radius 2 is 1.48 bits per heavy atom. The summed E-state index contributed by atoms with van der Waals surface area (Å²) in [5, 5.41) is 14.4. The fraction of sp³-hybridized carbons (Fsp3) is 0.200. The van der Waals surface area contributed by atoms with E-state index in [1.54, 1.807) is 0 Å². The number of carbonyl (C=O) groups excluding carboxylic acids is 1. The summed E-state index contributed by atoms with van der Waals surface area (Å²) in [5.74, 6) is -0.879. The van der Waals surface area contributed by atoms with Crippen molar-refractivity contribution in [3.63, 3.8) is 0 Å². The van der Waals surface area contributed by atoms with Gasteiger partial charge in [0.2, 0.25) is 0 Å². The van der Waals surface area contributed by atoms with Gasteiger partial charge in [-0.25, -0.2) is 9.18 Å². The minimum atomic E-state index is -0.731. The van der Waals surface area contributed by atoms with Crippen LogP contribution in [-0.2, 0) is 17.6 Å². The third-order valence-electron chi connectivity index (χ3n) is 5.58. The van der Waals surface area contributed by atoms with Crippen LogP contribution < -0.4 is 10.6 Å². The molecule has 5 nitrogen and oxygen atoms in total. The summed E-state index contributed by atoms with van der Waals surface area (Å²) in [6.07, 6.45) is 2.83. The highest BCUT2D eigenvalue weighted by Crippen LogP contribution is 2.31. The Balaban J connectivity index is 1.39. The number of urea groups is 1. The molecule has 0 aromatic heterocycles. The van der Waals surface area contributed by atoms with Crippen molar-refractivity contribution >= 4 is 23.4 Å². The average molecular weight is 418 g/mol. The zero-order valence-electron chi connectivity index (χ0n) is 16.9. The Kier molecular flexibility index (Phi) is 5.98. The van der Waals surface area contributed by atoms with E-state index in [4.69, 9.17) is 5.11 Å². The van der Waals surface area contributed by atoms with Gasteiger partial charge in [0.05, 0.1) is 0 Å². The predicted molar refractivity (Wildman–Crippen MR) is 119 cm³/mol. The third-order valence-corrected chi connectivity index (χ3v) is 5.58. The number of benzene rings is 3. The second-order valence-electron chi connectivity index (χ2n) is 7.85. The number of halogens is 1. The van der Waals surface area contributed by atoms with Crippen molar-refractivity contribution in [2.24, 2.45) is 5.92 Å². The second-order valence-corrected chi connectivity index (χ2v) is 7.85. The summed E-state index contributed by atoms with van der Waals surface area (Å²) in [7, 11) is 0. The van der Waals surface area contributed by atoms with Gasteiger partial charge in [-0.1, -0.05) is 30.3 Å². The lowest BCUT2D eigenvalue weighted by atomic mass is 9.81. The van der Waals surface area contributed by atoms with Crippen molar-refractivity contribution in [2.45, 2.75) is 25.7 Å². The molecule has 0 fully saturated rings. The Hall–Kier alpha value is -3.67. The summed E-state index contributed by atoms with van der Waals surface area (Å²) in [5.41, 5.74) is 5.81. The first kappa shape index (κ1) is 20.6. The number of hydrogen-bond acceptors (Lipinski definition) is 2. The number of anilines is 2. The molecule has 2 amide bonds. The number of carbonyl (C=O) groups is 2. The zero-order chi connectivity index (χ0) is 21.8. The fourth-order valence-corrected chi connectivity index (χ4v) is 4.00. The molecule has 3 aromatic rings. The minimum Gasteiger partial charge on any atom is -0.481 e. The van der Waals surface area contributed by atoms with Crippen molar-refractivity contribution in [3.8, 4) is 11.1 Å². The van der Waals surface area contributed by atoms with Gasteiger partial charge >= 0.3 is 12.0 Å². The first-order chi connectivity index (χ1) is 15.0. The first-order valence-electron chi connectivity index (χ1n) is 10.2. The fourth-order valence-electron chi connectivity index (χ4n) is 4.00. The van der Waals surface area contributed by atoms with Crippen LogP contribution in [0.4, 0.5) is 20.6 Å². The maximum absolute atomic E-state index is 13.0. The van der Waals surface area contributed by atoms with Crippen LogP contribution in [-0.4, -0.2) is 17.1 Å². The van der Waals surface area contributed by atoms with Gasteiger partial charge in [0.25, 0.3) is 0 Å². The molecule has 1 unspecified atom stereocenters. The molecule has 0 saturated carbocycles. The SMILES string of the molecule is O=C(O)CC1CCc2cc(-c3ccc(NC(=O)Nc4ccc(F)cc4)cc3)ccc2C1. The van der Waals surface area contributed by atoms with Gasteiger partial charge in [0, 0.05) is 17.8 Å². The van der Waals surface area contributed by atoms with E-state index in [-0.39, 0.29) is 18.2 Å². The van der Waals surface area contributed by atoms with E-state index < -0.39 is 12.0 Å². The molecule has 1 atom stereocenters. The van der Waals surface area contributed by atoms with Gasteiger partial charge in [0.1, 0.15) is 5.82 Å². The van der Waals surface area contributed by atoms with Crippen LogP contribution in [0.3, 0.4) is 0 Å². The van der Waals surface area contributed by atoms with Gasteiger partial charge in [-0.05, 0) is 83.8 Å². The molecule has 158 valence electrons. The van der Waals surface area contributed by atoms with Crippen molar-refractivity contribution in [1.29, 1.82) is 0 Å². The highest BCUT2D eigenvalue weighted by molar-refractivity contribution is 5.99. The lowest BCUT2D eigenvalue weighted by Crippen LogP contribution is -2.19. The molecule has 0 bridgehead atoms. The molecule has 6 heteroatoms. The van der Waals surface area contributed by atoms with Gasteiger partial charge in [-0.3, -0.25) is 4.79 Å². The van der Waals surface area contributed by atoms with Crippen molar-refractivity contribution in [2.75, 3.05) is 10.6 Å². The van der Waals surface area contributed by atoms with Crippen LogP contribution in [0.15, 0.2) is 66.7 Å². The van der Waals surface area contributed by atoms with Crippen molar-refractivity contribution in [1.82, 2.24) is 0 Å². The number of amides is 2. The average Bonchev–Trinajstić information content (AvgIpc) is 2.75. The normalized spacial score (nSPS) is 15.1. The molecule has 0 radical (unpaired) electrons. The molecule has 3 aromatic carbocycles. The predicted octanol–water partition coefficient (Wildman–Crippen LogP) is 5.72. The number of carboxylic acid groups (broad SMARTS) is 1. The van der Waals surface area contributed by atoms with Crippen LogP contribution in [0.5, 0.6) is 0 Å². The molecule has 4 rings (SSSR count). The minimum absolute atomic E-state index is 0.210. The van der Waals surface area contributed by atoms with E-state index in [1.807, 2.05) is 24.3 Å². The van der Waals surface area contributed by atoms with Crippen LogP contribution in [0.1, 0.15) is 24.0 Å². The van der Waals surface area contributed by atoms with Gasteiger partial charge in [0.15, 0.2) is 0 Å². The molecular weight excluding hydrogens is 395 g/mol. The third kappa shape index (κ3) is 5.28. The highest BCUT2D eigenvalue weighted by Gasteiger charge is 2.21. The molecule has 0 aliphatic heterocycles. The number of carboxylic acids is 1. The lowest BCUT2D eigenvalue weighted by molar-refractivity contribution is -0.138. The van der Waals surface area contributed by atoms with E-state index in [0.29, 0.717) is 11.4 Å². The number of rotatable bonds is 5. The Morgan fingerprint density at radius 1 is 0.871 bits per heavy atom. The van der Waals surface area contributed by atoms with E-state index in [2.05, 4.69) is 28.8 Å². The largest absolute Gasteiger partial charge is 0.481 e. The van der Waals surface area contributed by atoms with Crippen LogP contribution >= 0.6 is 0 Å². The zero-order valence-corrected chi connectivity index (χ0v) is 16.9. The quantitative estimate of drug-likeness (QED) is 0.496. The molecule has 31 heavy (non-hydrogen) atoms. The van der Waals surface area contributed by atoms with Crippen molar-refractivity contribution < 1.29 is 19.1 Å². The van der Waals surface area contributed by atoms with Crippen LogP contribution in [0, 0.1) is 11.7 Å². The molecule has 1 aliphatic rings. The van der Waals surface area contributed by atoms with Crippen LogP contribution in [0.2, 0.25) is 0 Å². The summed E-state index contributed by atoms with van der Waals surface area (Å²) in [4.78, 5) is 23.1. The standard InChI is InChI=1S/C25H23FN2O3/c26-21-7-11-23(12-8-21)28-25(31)27-22-9-5-17(6-10-22)19-4-3-18-13-16(14-24(29)30)1-2-20(18)15-19/h3-12,15-16H,1-2,13-14H2,(H,29,30)(H2,27,28,31). The van der Waals surface area contributed by atoms with E-state index in [9.17, 15) is 14.0 Å². The maximum Gasteiger partial charge on any atom is 0.323 e. The van der Waals surface area contributed by atoms with E-state index >= 15 is 0 Å². The summed E-state index contributed by atoms with van der Waals surface area (Å²) in [6, 6.07) is 19.1. The molecule has 1 aliphatic carbocycles. The topological polar surface area (TPSA) is 78.4 Å². The smallest absolute Gasteiger partial charge is 0.323 e. The Labute approximate surface area is 179 Å². The van der Waals surface area contributed by atoms with E-state index in [0.717, 1.165) is 30.4 Å². The van der Waals surface area contributed by atoms with Gasteiger partial charge < -0.3 is 15.7 Å². The number of nitrogens with one attached hydrogen (secondary N) is 2. The highest BCUT2D eigenvalue weighted by atomic mass is 19.1.